The van der Waals surface area contributed by atoms with Crippen molar-refractivity contribution in [2.24, 2.45) is 5.92 Å². The first kappa shape index (κ1) is 66.6. The van der Waals surface area contributed by atoms with Crippen LogP contribution in [0.15, 0.2) is 0 Å². The highest BCUT2D eigenvalue weighted by Crippen LogP contribution is 2.27. The second kappa shape index (κ2) is 49.8. The van der Waals surface area contributed by atoms with E-state index in [1.54, 1.807) is 0 Å². The molecule has 70 heavy (non-hydrogen) atoms. The molecule has 1 amide bonds. The quantitative estimate of drug-likeness (QED) is 0.0330. The molecule has 0 saturated carbocycles. The Hall–Kier alpha value is -1.44. The standard InChI is InChI=1S/C58H112N2O9S/c1-7-12-17-22-33-50-70-58(63)60(51-52-40-42-59(6)43-41-52)53(34-25-23-31-44-64-54(61)36-38-56(66-46-27-18-13-8-2)67-47-28-19-14-9-3)35-26-24-32-45-65-55(62)37-39-57(68-48-29-20-15-10-4)69-49-30-21-16-11-5/h52-53,56-57H,7-51H2,1-6H3. The number of amides is 1. The number of carbonyl (C=O) groups is 3. The Labute approximate surface area is 435 Å². The zero-order valence-electron chi connectivity index (χ0n) is 46.6. The van der Waals surface area contributed by atoms with E-state index in [0.29, 0.717) is 71.2 Å². The number of thioether (sulfide) groups is 1. The molecule has 0 aromatic heterocycles. The fraction of sp³-hybridized carbons (Fsp3) is 0.948. The van der Waals surface area contributed by atoms with Crippen LogP contribution in [-0.4, -0.2) is 118 Å². The third-order valence-electron chi connectivity index (χ3n) is 13.7. The molecule has 0 radical (unpaired) electrons. The van der Waals surface area contributed by atoms with Crippen molar-refractivity contribution in [3.63, 3.8) is 0 Å². The zero-order chi connectivity index (χ0) is 51.0. The van der Waals surface area contributed by atoms with Crippen LogP contribution < -0.4 is 0 Å². The maximum absolute atomic E-state index is 14.2. The zero-order valence-corrected chi connectivity index (χ0v) is 47.4. The molecule has 0 atom stereocenters. The van der Waals surface area contributed by atoms with Gasteiger partial charge < -0.3 is 38.2 Å². The average molecular weight is 1010 g/mol. The number of rotatable bonds is 51. The highest BCUT2D eigenvalue weighted by Gasteiger charge is 2.28. The smallest absolute Gasteiger partial charge is 0.305 e. The molecule has 0 aromatic carbocycles. The first-order valence-electron chi connectivity index (χ1n) is 29.7. The van der Waals surface area contributed by atoms with E-state index in [-0.39, 0.29) is 35.8 Å². The molecular weight excluding hydrogens is 901 g/mol. The van der Waals surface area contributed by atoms with Gasteiger partial charge in [0.05, 0.1) is 26.1 Å². The van der Waals surface area contributed by atoms with Gasteiger partial charge in [-0.1, -0.05) is 162 Å². The maximum atomic E-state index is 14.2. The predicted molar refractivity (Wildman–Crippen MR) is 293 cm³/mol. The van der Waals surface area contributed by atoms with Crippen LogP contribution in [0.5, 0.6) is 0 Å². The third kappa shape index (κ3) is 40.0. The number of unbranched alkanes of at least 4 members (excludes halogenated alkanes) is 20. The predicted octanol–water partition coefficient (Wildman–Crippen LogP) is 15.6. The van der Waals surface area contributed by atoms with Gasteiger partial charge in [0.15, 0.2) is 12.6 Å². The molecule has 1 aliphatic heterocycles. The van der Waals surface area contributed by atoms with E-state index in [2.05, 4.69) is 51.5 Å². The molecule has 11 nitrogen and oxygen atoms in total. The van der Waals surface area contributed by atoms with Crippen LogP contribution in [0.4, 0.5) is 4.79 Å². The molecule has 1 fully saturated rings. The second-order valence-corrected chi connectivity index (χ2v) is 21.4. The van der Waals surface area contributed by atoms with E-state index in [1.165, 1.54) is 88.8 Å². The van der Waals surface area contributed by atoms with E-state index >= 15 is 0 Å². The maximum Gasteiger partial charge on any atom is 0.305 e. The number of carbonyl (C=O) groups excluding carboxylic acids is 3. The van der Waals surface area contributed by atoms with Crippen molar-refractivity contribution in [2.45, 2.75) is 278 Å². The Morgan fingerprint density at radius 2 is 0.829 bits per heavy atom. The minimum Gasteiger partial charge on any atom is -0.466 e. The molecule has 12 heteroatoms. The molecular formula is C58H112N2O9S. The number of hydrogen-bond acceptors (Lipinski definition) is 11. The Morgan fingerprint density at radius 3 is 1.23 bits per heavy atom. The normalized spacial score (nSPS) is 13.6. The van der Waals surface area contributed by atoms with Crippen LogP contribution in [0.2, 0.25) is 0 Å². The lowest BCUT2D eigenvalue weighted by molar-refractivity contribution is -0.159. The lowest BCUT2D eigenvalue weighted by Crippen LogP contribution is -2.44. The van der Waals surface area contributed by atoms with E-state index < -0.39 is 0 Å². The Morgan fingerprint density at radius 1 is 0.471 bits per heavy atom. The van der Waals surface area contributed by atoms with Crippen LogP contribution in [0.25, 0.3) is 0 Å². The molecule has 1 rings (SSSR count). The topological polar surface area (TPSA) is 113 Å². The summed E-state index contributed by atoms with van der Waals surface area (Å²) in [7, 11) is 2.20. The first-order chi connectivity index (χ1) is 34.3. The van der Waals surface area contributed by atoms with E-state index in [0.717, 1.165) is 147 Å². The van der Waals surface area contributed by atoms with Gasteiger partial charge in [-0.15, -0.1) is 0 Å². The Kier molecular flexibility index (Phi) is 47.3. The fourth-order valence-corrected chi connectivity index (χ4v) is 9.92. The van der Waals surface area contributed by atoms with Crippen molar-refractivity contribution in [1.29, 1.82) is 0 Å². The summed E-state index contributed by atoms with van der Waals surface area (Å²) in [5, 5.41) is 0.239. The summed E-state index contributed by atoms with van der Waals surface area (Å²) in [6.45, 7) is 17.5. The van der Waals surface area contributed by atoms with Crippen molar-refractivity contribution < 1.29 is 42.8 Å². The largest absolute Gasteiger partial charge is 0.466 e. The molecule has 414 valence electrons. The summed E-state index contributed by atoms with van der Waals surface area (Å²) in [5.74, 6) is 1.02. The molecule has 0 N–H and O–H groups in total. The molecule has 0 bridgehead atoms. The number of ether oxygens (including phenoxy) is 6. The Bertz CT molecular complexity index is 1090. The molecule has 0 unspecified atom stereocenters. The van der Waals surface area contributed by atoms with Gasteiger partial charge in [0, 0.05) is 57.6 Å². The molecule has 1 aliphatic rings. The molecule has 0 aliphatic carbocycles. The van der Waals surface area contributed by atoms with Gasteiger partial charge in [-0.2, -0.15) is 0 Å². The summed E-state index contributed by atoms with van der Waals surface area (Å²) in [5.41, 5.74) is 0. The summed E-state index contributed by atoms with van der Waals surface area (Å²) in [6.07, 6.45) is 34.7. The van der Waals surface area contributed by atoms with E-state index in [4.69, 9.17) is 28.4 Å². The lowest BCUT2D eigenvalue weighted by atomic mass is 9.94. The fourth-order valence-electron chi connectivity index (χ4n) is 9.01. The van der Waals surface area contributed by atoms with Gasteiger partial charge >= 0.3 is 11.9 Å². The van der Waals surface area contributed by atoms with Gasteiger partial charge in [-0.3, -0.25) is 14.4 Å². The van der Waals surface area contributed by atoms with Gasteiger partial charge in [-0.05, 0) is 110 Å². The van der Waals surface area contributed by atoms with E-state index in [1.807, 2.05) is 0 Å². The third-order valence-corrected chi connectivity index (χ3v) is 14.7. The SMILES string of the molecule is CCCCCCCSC(=O)N(CC1CCN(C)CC1)C(CCCCCOC(=O)CCC(OCCCCCC)OCCCCCC)CCCCCOC(=O)CCC(OCCCCCC)OCCCCCC. The van der Waals surface area contributed by atoms with Gasteiger partial charge in [0.2, 0.25) is 0 Å². The minimum absolute atomic E-state index is 0.159. The average Bonchev–Trinajstić information content (AvgIpc) is 3.36. The highest BCUT2D eigenvalue weighted by molar-refractivity contribution is 8.13. The van der Waals surface area contributed by atoms with Crippen LogP contribution in [0, 0.1) is 5.92 Å². The number of hydrogen-bond donors (Lipinski definition) is 0. The minimum atomic E-state index is -0.361. The van der Waals surface area contributed by atoms with Crippen molar-refractivity contribution in [2.75, 3.05) is 72.1 Å². The van der Waals surface area contributed by atoms with Crippen molar-refractivity contribution in [1.82, 2.24) is 9.80 Å². The van der Waals surface area contributed by atoms with Crippen LogP contribution >= 0.6 is 11.8 Å². The van der Waals surface area contributed by atoms with Crippen LogP contribution in [0.3, 0.4) is 0 Å². The van der Waals surface area contributed by atoms with Gasteiger partial charge in [0.1, 0.15) is 0 Å². The van der Waals surface area contributed by atoms with Crippen LogP contribution in [-0.2, 0) is 38.0 Å². The second-order valence-electron chi connectivity index (χ2n) is 20.4. The number of nitrogens with zero attached hydrogens (tertiary/aromatic N) is 2. The highest BCUT2D eigenvalue weighted by atomic mass is 32.2. The summed E-state index contributed by atoms with van der Waals surface area (Å²) < 4.78 is 35.7. The number of piperidine rings is 1. The van der Waals surface area contributed by atoms with Crippen molar-refractivity contribution in [3.05, 3.63) is 0 Å². The summed E-state index contributed by atoms with van der Waals surface area (Å²) in [6, 6.07) is 0.159. The monoisotopic (exact) mass is 1010 g/mol. The molecule has 0 aromatic rings. The Balaban J connectivity index is 2.79. The first-order valence-corrected chi connectivity index (χ1v) is 30.7. The summed E-state index contributed by atoms with van der Waals surface area (Å²) in [4.78, 5) is 44.5. The van der Waals surface area contributed by atoms with E-state index in [9.17, 15) is 14.4 Å². The number of likely N-dealkylation sites (tertiary alicyclic amines) is 1. The van der Waals surface area contributed by atoms with Crippen molar-refractivity contribution in [3.8, 4) is 0 Å². The molecule has 0 spiro atoms. The molecule has 1 heterocycles. The van der Waals surface area contributed by atoms with Crippen LogP contribution in [0.1, 0.15) is 259 Å². The van der Waals surface area contributed by atoms with Gasteiger partial charge in [-0.25, -0.2) is 0 Å². The number of esters is 2. The lowest BCUT2D eigenvalue weighted by Gasteiger charge is -2.37. The van der Waals surface area contributed by atoms with Crippen molar-refractivity contribution >= 4 is 28.9 Å². The molecule has 1 saturated heterocycles. The van der Waals surface area contributed by atoms with Gasteiger partial charge in [0.25, 0.3) is 5.24 Å². The summed E-state index contributed by atoms with van der Waals surface area (Å²) >= 11 is 1.53.